The molecule has 0 fully saturated rings. The summed E-state index contributed by atoms with van der Waals surface area (Å²) in [7, 11) is -1.62. The van der Waals surface area contributed by atoms with E-state index >= 15 is 0 Å². The average molecular weight is 317 g/mol. The minimum Gasteiger partial charge on any atom is -0.464 e. The van der Waals surface area contributed by atoms with E-state index in [2.05, 4.69) is 46.0 Å². The third-order valence-electron chi connectivity index (χ3n) is 3.67. The first-order valence-electron chi connectivity index (χ1n) is 7.73. The smallest absolute Gasteiger partial charge is 0.332 e. The highest BCUT2D eigenvalue weighted by atomic mass is 28.4. The highest BCUT2D eigenvalue weighted by Gasteiger charge is 2.36. The molecule has 0 aromatic carbocycles. The fraction of sp³-hybridized carbons (Fsp3) is 0.812. The molecule has 0 atom stereocenters. The summed E-state index contributed by atoms with van der Waals surface area (Å²) >= 11 is 0. The number of hydrogen-bond donors (Lipinski definition) is 0. The van der Waals surface area contributed by atoms with Gasteiger partial charge in [0.25, 0.3) is 0 Å². The quantitative estimate of drug-likeness (QED) is 0.265. The van der Waals surface area contributed by atoms with Crippen molar-refractivity contribution in [3.8, 4) is 0 Å². The Morgan fingerprint density at radius 1 is 1.10 bits per heavy atom. The topological polar surface area (TPSA) is 44.8 Å². The molecule has 5 heteroatoms. The van der Waals surface area contributed by atoms with Gasteiger partial charge in [0.1, 0.15) is 6.61 Å². The lowest BCUT2D eigenvalue weighted by atomic mass is 10.2. The van der Waals surface area contributed by atoms with Crippen molar-refractivity contribution in [2.45, 2.75) is 58.7 Å². The summed E-state index contributed by atoms with van der Waals surface area (Å²) in [6.07, 6.45) is 5.91. The van der Waals surface area contributed by atoms with Gasteiger partial charge < -0.3 is 13.9 Å². The Bertz CT molecular complexity index is 319. The van der Waals surface area contributed by atoms with Crippen LogP contribution in [0.3, 0.4) is 0 Å². The fourth-order valence-electron chi connectivity index (χ4n) is 1.34. The SMILES string of the molecule is CCOC(=O)COCC/C=C/CCO[Si](C)(C)C(C)(C)C. The largest absolute Gasteiger partial charge is 0.464 e. The monoisotopic (exact) mass is 316 g/mol. The summed E-state index contributed by atoms with van der Waals surface area (Å²) < 4.78 is 16.0. The van der Waals surface area contributed by atoms with Gasteiger partial charge >= 0.3 is 5.97 Å². The van der Waals surface area contributed by atoms with E-state index in [9.17, 15) is 4.79 Å². The maximum absolute atomic E-state index is 11.0. The van der Waals surface area contributed by atoms with Gasteiger partial charge in [0, 0.05) is 6.61 Å². The van der Waals surface area contributed by atoms with Crippen molar-refractivity contribution in [2.75, 3.05) is 26.4 Å². The van der Waals surface area contributed by atoms with E-state index in [0.717, 1.165) is 19.4 Å². The Labute approximate surface area is 131 Å². The summed E-state index contributed by atoms with van der Waals surface area (Å²) in [5, 5.41) is 0.262. The van der Waals surface area contributed by atoms with E-state index < -0.39 is 8.32 Å². The molecular weight excluding hydrogens is 284 g/mol. The zero-order valence-electron chi connectivity index (χ0n) is 14.5. The van der Waals surface area contributed by atoms with Gasteiger partial charge in [-0.15, -0.1) is 0 Å². The Balaban J connectivity index is 3.60. The van der Waals surface area contributed by atoms with Gasteiger partial charge in [-0.1, -0.05) is 32.9 Å². The van der Waals surface area contributed by atoms with Gasteiger partial charge in [-0.25, -0.2) is 4.79 Å². The molecule has 4 nitrogen and oxygen atoms in total. The second kappa shape index (κ2) is 10.1. The third kappa shape index (κ3) is 9.82. The van der Waals surface area contributed by atoms with Crippen molar-refractivity contribution in [3.05, 3.63) is 12.2 Å². The van der Waals surface area contributed by atoms with Crippen LogP contribution in [0.25, 0.3) is 0 Å². The average Bonchev–Trinajstić information content (AvgIpc) is 2.35. The van der Waals surface area contributed by atoms with Crippen LogP contribution in [0.4, 0.5) is 0 Å². The molecule has 21 heavy (non-hydrogen) atoms. The minimum atomic E-state index is -1.62. The van der Waals surface area contributed by atoms with Crippen LogP contribution in [-0.2, 0) is 18.7 Å². The summed E-state index contributed by atoms with van der Waals surface area (Å²) in [5.74, 6) is -0.302. The normalized spacial score (nSPS) is 12.9. The number of rotatable bonds is 10. The van der Waals surface area contributed by atoms with Crippen LogP contribution in [0.5, 0.6) is 0 Å². The standard InChI is InChI=1S/C16H32O4Si/c1-7-19-15(17)14-18-12-10-8-9-11-13-20-21(5,6)16(2,3)4/h8-9H,7,10-14H2,1-6H3/b9-8+. The van der Waals surface area contributed by atoms with Crippen molar-refractivity contribution < 1.29 is 18.7 Å². The molecule has 0 spiro atoms. The van der Waals surface area contributed by atoms with Gasteiger partial charge in [0.2, 0.25) is 0 Å². The molecule has 0 aromatic rings. The molecule has 0 amide bonds. The molecule has 0 bridgehead atoms. The van der Waals surface area contributed by atoms with E-state index in [4.69, 9.17) is 13.9 Å². The molecule has 0 aromatic heterocycles. The van der Waals surface area contributed by atoms with Gasteiger partial charge in [-0.3, -0.25) is 0 Å². The molecule has 0 unspecified atom stereocenters. The molecule has 0 aliphatic carbocycles. The summed E-state index contributed by atoms with van der Waals surface area (Å²) in [5.41, 5.74) is 0. The van der Waals surface area contributed by atoms with E-state index in [1.165, 1.54) is 0 Å². The minimum absolute atomic E-state index is 0.0379. The second-order valence-electron chi connectivity index (χ2n) is 6.52. The Hall–Kier alpha value is -0.653. The second-order valence-corrected chi connectivity index (χ2v) is 11.3. The predicted molar refractivity (Wildman–Crippen MR) is 89.0 cm³/mol. The molecule has 0 heterocycles. The lowest BCUT2D eigenvalue weighted by molar-refractivity contribution is -0.148. The maximum Gasteiger partial charge on any atom is 0.332 e. The molecule has 0 radical (unpaired) electrons. The number of carbonyl (C=O) groups excluding carboxylic acids is 1. The van der Waals surface area contributed by atoms with Crippen LogP contribution in [0, 0.1) is 0 Å². The highest BCUT2D eigenvalue weighted by molar-refractivity contribution is 6.74. The van der Waals surface area contributed by atoms with Crippen LogP contribution in [-0.4, -0.2) is 40.7 Å². The van der Waals surface area contributed by atoms with E-state index in [1.807, 2.05) is 0 Å². The van der Waals surface area contributed by atoms with Crippen molar-refractivity contribution >= 4 is 14.3 Å². The Morgan fingerprint density at radius 3 is 2.19 bits per heavy atom. The number of esters is 1. The van der Waals surface area contributed by atoms with Gasteiger partial charge in [0.15, 0.2) is 8.32 Å². The van der Waals surface area contributed by atoms with Gasteiger partial charge in [-0.05, 0) is 37.9 Å². The van der Waals surface area contributed by atoms with Crippen LogP contribution < -0.4 is 0 Å². The van der Waals surface area contributed by atoms with Crippen LogP contribution >= 0.6 is 0 Å². The predicted octanol–water partition coefficient (Wildman–Crippen LogP) is 3.92. The van der Waals surface area contributed by atoms with Crippen molar-refractivity contribution in [1.29, 1.82) is 0 Å². The number of ether oxygens (including phenoxy) is 2. The fourth-order valence-corrected chi connectivity index (χ4v) is 2.41. The molecular formula is C16H32O4Si. The van der Waals surface area contributed by atoms with E-state index in [-0.39, 0.29) is 17.6 Å². The molecule has 0 aliphatic heterocycles. The van der Waals surface area contributed by atoms with Crippen LogP contribution in [0.15, 0.2) is 12.2 Å². The maximum atomic E-state index is 11.0. The molecule has 0 saturated heterocycles. The summed E-state index contributed by atoms with van der Waals surface area (Å²) in [6.45, 7) is 14.8. The first-order valence-corrected chi connectivity index (χ1v) is 10.6. The van der Waals surface area contributed by atoms with E-state index in [1.54, 1.807) is 6.92 Å². The number of carbonyl (C=O) groups is 1. The molecule has 0 rings (SSSR count). The summed E-state index contributed by atoms with van der Waals surface area (Å²) in [4.78, 5) is 11.0. The van der Waals surface area contributed by atoms with Crippen molar-refractivity contribution in [1.82, 2.24) is 0 Å². The van der Waals surface area contributed by atoms with Gasteiger partial charge in [-0.2, -0.15) is 0 Å². The first kappa shape index (κ1) is 20.3. The third-order valence-corrected chi connectivity index (χ3v) is 8.21. The Kier molecular flexibility index (Phi) is 9.82. The number of hydrogen-bond acceptors (Lipinski definition) is 4. The molecule has 0 N–H and O–H groups in total. The molecule has 0 aliphatic rings. The molecule has 124 valence electrons. The van der Waals surface area contributed by atoms with Crippen molar-refractivity contribution in [3.63, 3.8) is 0 Å². The van der Waals surface area contributed by atoms with Crippen LogP contribution in [0.1, 0.15) is 40.5 Å². The summed E-state index contributed by atoms with van der Waals surface area (Å²) in [6, 6.07) is 0. The lowest BCUT2D eigenvalue weighted by Crippen LogP contribution is -2.40. The zero-order valence-corrected chi connectivity index (χ0v) is 15.5. The van der Waals surface area contributed by atoms with E-state index in [0.29, 0.717) is 13.2 Å². The lowest BCUT2D eigenvalue weighted by Gasteiger charge is -2.36. The highest BCUT2D eigenvalue weighted by Crippen LogP contribution is 2.36. The molecule has 0 saturated carbocycles. The van der Waals surface area contributed by atoms with Crippen molar-refractivity contribution in [2.24, 2.45) is 0 Å². The van der Waals surface area contributed by atoms with Gasteiger partial charge in [0.05, 0.1) is 13.2 Å². The zero-order chi connectivity index (χ0) is 16.4. The first-order chi connectivity index (χ1) is 9.70. The Morgan fingerprint density at radius 2 is 1.67 bits per heavy atom. The van der Waals surface area contributed by atoms with Crippen LogP contribution in [0.2, 0.25) is 18.1 Å².